The van der Waals surface area contributed by atoms with E-state index >= 15 is 0 Å². The molecule has 5 heterocycles. The van der Waals surface area contributed by atoms with Crippen molar-refractivity contribution in [3.8, 4) is 112 Å². The van der Waals surface area contributed by atoms with E-state index in [0.29, 0.717) is 0 Å². The predicted octanol–water partition coefficient (Wildman–Crippen LogP) is 19.7. The molecular weight excluding hydrogens is 1120 g/mol. The molecule has 3 aromatic heterocycles. The summed E-state index contributed by atoms with van der Waals surface area (Å²) in [7, 11) is -1.33. The Morgan fingerprint density at radius 1 is 0.261 bits per heavy atom. The third-order valence-corrected chi connectivity index (χ3v) is 19.5. The molecule has 7 nitrogen and oxygen atoms in total. The van der Waals surface area contributed by atoms with Gasteiger partial charge in [-0.25, -0.2) is 0 Å². The second kappa shape index (κ2) is 23.7. The molecule has 0 unspecified atom stereocenters. The zero-order chi connectivity index (χ0) is 64.5. The van der Waals surface area contributed by atoms with Crippen LogP contribution in [0, 0.1) is 0 Å². The number of pyridine rings is 3. The highest BCUT2D eigenvalue weighted by atomic mass is 16.7. The molecule has 2 fully saturated rings. The molecule has 0 radical (unpaired) electrons. The summed E-state index contributed by atoms with van der Waals surface area (Å²) in [5, 5.41) is 0. The Labute approximate surface area is 545 Å². The number of nitrogens with zero attached hydrogens (tertiary/aromatic N) is 3. The first-order valence-electron chi connectivity index (χ1n) is 32.3. The predicted molar refractivity (Wildman–Crippen MR) is 383 cm³/mol. The van der Waals surface area contributed by atoms with E-state index in [9.17, 15) is 0 Å². The Hall–Kier alpha value is -8.82. The molecular formula is C83H81B2N3O4. The standard InChI is InChI=1S/C83H81B2N3O4/c1-78(2,3)61-41-44-87-76(52-61)56-36-39-70(73(50-56)84-89-80(7,8)81(9,10)90-84)67-32-22-19-29-64(67)59-46-58(63-28-18-21-31-66(63)69-38-35-55(75-34-24-25-43-86-75)49-72(69)54-26-16-15-17-27-54)47-60(48-59)65-30-20-23-33-68(65)71-40-37-57(77-53-62(42-45-88-77)79(4,5)6)51-74(71)85-91-82(11,12)83(13,14)92-85/h15-53H,1-14H3. The fourth-order valence-corrected chi connectivity index (χ4v) is 12.7. The number of aromatic nitrogens is 3. The molecule has 0 saturated carbocycles. The summed E-state index contributed by atoms with van der Waals surface area (Å²) in [6.07, 6.45) is 5.70. The Balaban J connectivity index is 1.04. The second-order valence-corrected chi connectivity index (χ2v) is 28.9. The van der Waals surface area contributed by atoms with Gasteiger partial charge in [0, 0.05) is 24.2 Å². The zero-order valence-electron chi connectivity index (χ0n) is 55.6. The van der Waals surface area contributed by atoms with Gasteiger partial charge in [-0.05, 0) is 238 Å². The molecule has 0 spiro atoms. The first kappa shape index (κ1) is 62.0. The van der Waals surface area contributed by atoms with E-state index in [4.69, 9.17) is 33.6 Å². The number of rotatable bonds is 12. The quantitative estimate of drug-likeness (QED) is 0.113. The van der Waals surface area contributed by atoms with E-state index in [1.807, 2.05) is 30.7 Å². The lowest BCUT2D eigenvalue weighted by atomic mass is 9.72. The van der Waals surface area contributed by atoms with Gasteiger partial charge >= 0.3 is 14.2 Å². The molecule has 2 aliphatic heterocycles. The molecule has 0 atom stereocenters. The van der Waals surface area contributed by atoms with Crippen molar-refractivity contribution < 1.29 is 18.6 Å². The van der Waals surface area contributed by atoms with Crippen LogP contribution >= 0.6 is 0 Å². The van der Waals surface area contributed by atoms with Crippen LogP contribution in [0.1, 0.15) is 108 Å². The van der Waals surface area contributed by atoms with E-state index in [-0.39, 0.29) is 10.8 Å². The highest BCUT2D eigenvalue weighted by molar-refractivity contribution is 6.64. The van der Waals surface area contributed by atoms with Crippen molar-refractivity contribution in [1.29, 1.82) is 0 Å². The normalized spacial score (nSPS) is 15.8. The van der Waals surface area contributed by atoms with Crippen LogP contribution in [0.3, 0.4) is 0 Å². The van der Waals surface area contributed by atoms with Gasteiger partial charge in [-0.2, -0.15) is 0 Å². The first-order valence-corrected chi connectivity index (χ1v) is 32.3. The van der Waals surface area contributed by atoms with Crippen LogP contribution in [-0.4, -0.2) is 51.6 Å². The van der Waals surface area contributed by atoms with Gasteiger partial charge in [0.1, 0.15) is 0 Å². The molecule has 9 heteroatoms. The van der Waals surface area contributed by atoms with Crippen molar-refractivity contribution in [1.82, 2.24) is 15.0 Å². The van der Waals surface area contributed by atoms with Gasteiger partial charge in [0.25, 0.3) is 0 Å². The van der Waals surface area contributed by atoms with Gasteiger partial charge in [0.15, 0.2) is 0 Å². The van der Waals surface area contributed by atoms with E-state index in [1.54, 1.807) is 0 Å². The Kier molecular flexibility index (Phi) is 16.0. The molecule has 0 N–H and O–H groups in total. The minimum absolute atomic E-state index is 0.0641. The number of hydrogen-bond acceptors (Lipinski definition) is 7. The maximum atomic E-state index is 7.02. The summed E-state index contributed by atoms with van der Waals surface area (Å²) in [4.78, 5) is 14.7. The molecule has 8 aromatic carbocycles. The van der Waals surface area contributed by atoms with Crippen molar-refractivity contribution in [2.75, 3.05) is 0 Å². The van der Waals surface area contributed by atoms with Crippen LogP contribution in [-0.2, 0) is 29.4 Å². The van der Waals surface area contributed by atoms with Gasteiger partial charge in [-0.15, -0.1) is 0 Å². The van der Waals surface area contributed by atoms with E-state index in [2.05, 4.69) is 303 Å². The lowest BCUT2D eigenvalue weighted by Gasteiger charge is -2.32. The highest BCUT2D eigenvalue weighted by Gasteiger charge is 2.54. The van der Waals surface area contributed by atoms with E-state index < -0.39 is 36.6 Å². The van der Waals surface area contributed by atoms with Crippen molar-refractivity contribution in [3.63, 3.8) is 0 Å². The lowest BCUT2D eigenvalue weighted by molar-refractivity contribution is 0.00578. The molecule has 13 rings (SSSR count). The molecule has 2 saturated heterocycles. The minimum Gasteiger partial charge on any atom is -0.399 e. The molecule has 0 bridgehead atoms. The molecule has 458 valence electrons. The minimum atomic E-state index is -0.667. The van der Waals surface area contributed by atoms with Crippen molar-refractivity contribution >= 4 is 25.2 Å². The lowest BCUT2D eigenvalue weighted by Crippen LogP contribution is -2.41. The molecule has 0 aliphatic carbocycles. The maximum Gasteiger partial charge on any atom is 0.495 e. The Morgan fingerprint density at radius 2 is 0.598 bits per heavy atom. The zero-order valence-corrected chi connectivity index (χ0v) is 55.6. The van der Waals surface area contributed by atoms with Gasteiger partial charge in [0.05, 0.1) is 39.5 Å². The van der Waals surface area contributed by atoms with Gasteiger partial charge in [-0.3, -0.25) is 15.0 Å². The third kappa shape index (κ3) is 11.9. The van der Waals surface area contributed by atoms with Gasteiger partial charge in [0.2, 0.25) is 0 Å². The van der Waals surface area contributed by atoms with Crippen LogP contribution in [0.5, 0.6) is 0 Å². The monoisotopic (exact) mass is 1210 g/mol. The summed E-state index contributed by atoms with van der Waals surface area (Å²) >= 11 is 0. The molecule has 2 aliphatic rings. The topological polar surface area (TPSA) is 75.6 Å². The number of benzene rings is 8. The van der Waals surface area contributed by atoms with Crippen molar-refractivity contribution in [3.05, 3.63) is 248 Å². The summed E-state index contributed by atoms with van der Waals surface area (Å²) < 4.78 is 28.1. The fourth-order valence-electron chi connectivity index (χ4n) is 12.7. The van der Waals surface area contributed by atoms with Crippen LogP contribution in [0.2, 0.25) is 0 Å². The summed E-state index contributed by atoms with van der Waals surface area (Å²) in [5.74, 6) is 0. The number of hydrogen-bond donors (Lipinski definition) is 0. The SMILES string of the molecule is CC(C)(C)c1ccnc(-c2ccc(-c3ccccc3-c3cc(-c4ccccc4-c4ccc(-c5cc(C(C)(C)C)ccn5)cc4B4OC(C)(C)C(C)(C)O4)cc(-c4ccccc4-c4ccc(-c5ccccn5)cc4-c4ccccc4)c3)c(B3OC(C)(C)C(C)(C)O3)c2)c1. The maximum absolute atomic E-state index is 7.02. The first-order chi connectivity index (χ1) is 43.8. The third-order valence-electron chi connectivity index (χ3n) is 19.5. The van der Waals surface area contributed by atoms with Crippen molar-refractivity contribution in [2.24, 2.45) is 0 Å². The highest BCUT2D eigenvalue weighted by Crippen LogP contribution is 2.47. The molecule has 0 amide bonds. The summed E-state index contributed by atoms with van der Waals surface area (Å²) in [6.45, 7) is 30.4. The van der Waals surface area contributed by atoms with Crippen LogP contribution in [0.4, 0.5) is 0 Å². The average Bonchev–Trinajstić information content (AvgIpc) is 1.38. The molecule has 92 heavy (non-hydrogen) atoms. The fraction of sp³-hybridized carbons (Fsp3) is 0.241. The van der Waals surface area contributed by atoms with E-state index in [1.165, 1.54) is 11.1 Å². The largest absolute Gasteiger partial charge is 0.495 e. The second-order valence-electron chi connectivity index (χ2n) is 28.9. The average molecular weight is 1210 g/mol. The molecule has 11 aromatic rings. The van der Waals surface area contributed by atoms with Crippen molar-refractivity contribution in [2.45, 2.75) is 130 Å². The van der Waals surface area contributed by atoms with Crippen LogP contribution in [0.15, 0.2) is 237 Å². The smallest absolute Gasteiger partial charge is 0.399 e. The Bertz CT molecular complexity index is 4350. The van der Waals surface area contributed by atoms with Gasteiger partial charge < -0.3 is 18.6 Å². The van der Waals surface area contributed by atoms with Crippen LogP contribution in [0.25, 0.3) is 112 Å². The Morgan fingerprint density at radius 3 is 0.989 bits per heavy atom. The summed E-state index contributed by atoms with van der Waals surface area (Å²) in [6, 6.07) is 79.1. The van der Waals surface area contributed by atoms with Crippen LogP contribution < -0.4 is 10.9 Å². The summed E-state index contributed by atoms with van der Waals surface area (Å²) in [5.41, 5.74) is 22.5. The van der Waals surface area contributed by atoms with Gasteiger partial charge in [-0.1, -0.05) is 199 Å². The van der Waals surface area contributed by atoms with E-state index in [0.717, 1.165) is 123 Å².